The maximum Gasteiger partial charge on any atom is 0.251 e. The van der Waals surface area contributed by atoms with Crippen LogP contribution in [0.3, 0.4) is 0 Å². The van der Waals surface area contributed by atoms with Crippen LogP contribution in [0.1, 0.15) is 56.8 Å². The molecule has 0 aromatic heterocycles. The van der Waals surface area contributed by atoms with E-state index >= 15 is 0 Å². The fourth-order valence-electron chi connectivity index (χ4n) is 2.97. The monoisotopic (exact) mass is 348 g/mol. The third-order valence-corrected chi connectivity index (χ3v) is 4.75. The molecule has 0 unspecified atom stereocenters. The molecule has 1 fully saturated rings. The van der Waals surface area contributed by atoms with Crippen LogP contribution in [0.25, 0.3) is 0 Å². The zero-order valence-corrected chi connectivity index (χ0v) is 15.8. The first-order valence-corrected chi connectivity index (χ1v) is 9.46. The molecule has 0 spiro atoms. The Morgan fingerprint density at radius 2 is 1.96 bits per heavy atom. The van der Waals surface area contributed by atoms with E-state index in [2.05, 4.69) is 24.5 Å². The molecule has 1 saturated heterocycles. The number of benzene rings is 1. The summed E-state index contributed by atoms with van der Waals surface area (Å²) in [6, 6.07) is 5.43. The van der Waals surface area contributed by atoms with Crippen LogP contribution < -0.4 is 20.1 Å². The summed E-state index contributed by atoms with van der Waals surface area (Å²) in [6.07, 6.45) is 4.25. The minimum Gasteiger partial charge on any atom is -0.490 e. The summed E-state index contributed by atoms with van der Waals surface area (Å²) in [4.78, 5) is 12.5. The molecule has 140 valence electrons. The van der Waals surface area contributed by atoms with Crippen molar-refractivity contribution < 1.29 is 14.3 Å². The molecule has 25 heavy (non-hydrogen) atoms. The van der Waals surface area contributed by atoms with Gasteiger partial charge in [0.2, 0.25) is 0 Å². The molecule has 0 atom stereocenters. The molecule has 5 heteroatoms. The Morgan fingerprint density at radius 1 is 1.20 bits per heavy atom. The van der Waals surface area contributed by atoms with E-state index in [1.54, 1.807) is 6.07 Å². The first-order valence-electron chi connectivity index (χ1n) is 9.46. The van der Waals surface area contributed by atoms with Crippen LogP contribution in [0.4, 0.5) is 0 Å². The Hall–Kier alpha value is -1.75. The predicted octanol–water partition coefficient (Wildman–Crippen LogP) is 3.38. The number of amides is 1. The lowest BCUT2D eigenvalue weighted by atomic mass is 9.81. The summed E-state index contributed by atoms with van der Waals surface area (Å²) >= 11 is 0. The van der Waals surface area contributed by atoms with E-state index in [0.29, 0.717) is 36.8 Å². The first-order chi connectivity index (χ1) is 12.1. The van der Waals surface area contributed by atoms with E-state index in [4.69, 9.17) is 9.47 Å². The summed E-state index contributed by atoms with van der Waals surface area (Å²) in [5.41, 5.74) is 0.788. The van der Waals surface area contributed by atoms with Crippen LogP contribution in [0, 0.1) is 5.41 Å². The zero-order chi connectivity index (χ0) is 18.1. The van der Waals surface area contributed by atoms with Crippen LogP contribution in [0.2, 0.25) is 0 Å². The van der Waals surface area contributed by atoms with Gasteiger partial charge < -0.3 is 20.1 Å². The second kappa shape index (κ2) is 9.66. The second-order valence-electron chi connectivity index (χ2n) is 7.04. The van der Waals surface area contributed by atoms with Gasteiger partial charge in [0.15, 0.2) is 11.5 Å². The number of ether oxygens (including phenoxy) is 2. The predicted molar refractivity (Wildman–Crippen MR) is 101 cm³/mol. The van der Waals surface area contributed by atoms with E-state index < -0.39 is 0 Å². The number of nitrogens with one attached hydrogen (secondary N) is 2. The Morgan fingerprint density at radius 3 is 2.64 bits per heavy atom. The maximum atomic E-state index is 12.5. The number of unbranched alkanes of at least 4 members (excludes halogenated alkanes) is 1. The van der Waals surface area contributed by atoms with Crippen molar-refractivity contribution in [3.63, 3.8) is 0 Å². The number of piperidine rings is 1. The SMILES string of the molecule is CCCCOc1ccc(C(=O)NCC2(C)CCNCC2)cc1OCC. The van der Waals surface area contributed by atoms with Gasteiger partial charge in [-0.15, -0.1) is 0 Å². The van der Waals surface area contributed by atoms with Gasteiger partial charge in [0.05, 0.1) is 13.2 Å². The van der Waals surface area contributed by atoms with E-state index in [1.807, 2.05) is 19.1 Å². The maximum absolute atomic E-state index is 12.5. The molecule has 1 heterocycles. The summed E-state index contributed by atoms with van der Waals surface area (Å²) in [6.45, 7) is 10.2. The number of hydrogen-bond donors (Lipinski definition) is 2. The van der Waals surface area contributed by atoms with Gasteiger partial charge in [0.1, 0.15) is 0 Å². The number of carbonyl (C=O) groups excluding carboxylic acids is 1. The standard InChI is InChI=1S/C20H32N2O3/c1-4-6-13-25-17-8-7-16(14-18(17)24-5-2)19(23)22-15-20(3)9-11-21-12-10-20/h7-8,14,21H,4-6,9-13,15H2,1-3H3,(H,22,23). The molecule has 1 aliphatic heterocycles. The molecular weight excluding hydrogens is 316 g/mol. The molecule has 5 nitrogen and oxygen atoms in total. The van der Waals surface area contributed by atoms with Gasteiger partial charge >= 0.3 is 0 Å². The van der Waals surface area contributed by atoms with Crippen molar-refractivity contribution in [2.45, 2.75) is 46.5 Å². The fraction of sp³-hybridized carbons (Fsp3) is 0.650. The molecule has 2 N–H and O–H groups in total. The van der Waals surface area contributed by atoms with Gasteiger partial charge in [-0.05, 0) is 62.9 Å². The second-order valence-corrected chi connectivity index (χ2v) is 7.04. The van der Waals surface area contributed by atoms with Crippen molar-refractivity contribution in [1.82, 2.24) is 10.6 Å². The van der Waals surface area contributed by atoms with Gasteiger partial charge in [-0.2, -0.15) is 0 Å². The van der Waals surface area contributed by atoms with Crippen molar-refractivity contribution in [1.29, 1.82) is 0 Å². The highest BCUT2D eigenvalue weighted by atomic mass is 16.5. The number of hydrogen-bond acceptors (Lipinski definition) is 4. The molecule has 0 aliphatic carbocycles. The lowest BCUT2D eigenvalue weighted by molar-refractivity contribution is 0.0921. The molecule has 2 rings (SSSR count). The largest absolute Gasteiger partial charge is 0.490 e. The van der Waals surface area contributed by atoms with Gasteiger partial charge in [-0.25, -0.2) is 0 Å². The van der Waals surface area contributed by atoms with Gasteiger partial charge in [-0.1, -0.05) is 20.3 Å². The summed E-state index contributed by atoms with van der Waals surface area (Å²) < 4.78 is 11.4. The Balaban J connectivity index is 1.99. The average Bonchev–Trinajstić information content (AvgIpc) is 2.62. The van der Waals surface area contributed by atoms with Gasteiger partial charge in [-0.3, -0.25) is 4.79 Å². The molecule has 1 amide bonds. The van der Waals surface area contributed by atoms with Crippen LogP contribution in [0.5, 0.6) is 11.5 Å². The number of carbonyl (C=O) groups is 1. The fourth-order valence-corrected chi connectivity index (χ4v) is 2.97. The topological polar surface area (TPSA) is 59.6 Å². The molecule has 1 aliphatic rings. The number of rotatable bonds is 9. The smallest absolute Gasteiger partial charge is 0.251 e. The molecule has 0 radical (unpaired) electrons. The van der Waals surface area contributed by atoms with Crippen molar-refractivity contribution in [3.05, 3.63) is 23.8 Å². The Bertz CT molecular complexity index is 554. The van der Waals surface area contributed by atoms with E-state index in [-0.39, 0.29) is 11.3 Å². The Labute approximate surface area is 151 Å². The average molecular weight is 348 g/mol. The minimum atomic E-state index is -0.0548. The van der Waals surface area contributed by atoms with Gasteiger partial charge in [0.25, 0.3) is 5.91 Å². The molecule has 1 aromatic carbocycles. The zero-order valence-electron chi connectivity index (χ0n) is 15.8. The highest BCUT2D eigenvalue weighted by molar-refractivity contribution is 5.94. The van der Waals surface area contributed by atoms with Crippen LogP contribution >= 0.6 is 0 Å². The highest BCUT2D eigenvalue weighted by Gasteiger charge is 2.27. The van der Waals surface area contributed by atoms with Crippen molar-refractivity contribution >= 4 is 5.91 Å². The normalized spacial score (nSPS) is 16.3. The minimum absolute atomic E-state index is 0.0548. The lowest BCUT2D eigenvalue weighted by Crippen LogP contribution is -2.42. The molecule has 0 bridgehead atoms. The van der Waals surface area contributed by atoms with E-state index in [0.717, 1.165) is 38.8 Å². The Kier molecular flexibility index (Phi) is 7.56. The molecular formula is C20H32N2O3. The first kappa shape index (κ1) is 19.6. The van der Waals surface area contributed by atoms with E-state index in [9.17, 15) is 4.79 Å². The lowest BCUT2D eigenvalue weighted by Gasteiger charge is -2.34. The summed E-state index contributed by atoms with van der Waals surface area (Å²) in [7, 11) is 0. The van der Waals surface area contributed by atoms with Crippen LogP contribution in [-0.2, 0) is 0 Å². The van der Waals surface area contributed by atoms with Crippen LogP contribution in [-0.4, -0.2) is 38.8 Å². The van der Waals surface area contributed by atoms with Crippen molar-refractivity contribution in [2.24, 2.45) is 5.41 Å². The third-order valence-electron chi connectivity index (χ3n) is 4.75. The van der Waals surface area contributed by atoms with E-state index in [1.165, 1.54) is 0 Å². The molecule has 0 saturated carbocycles. The van der Waals surface area contributed by atoms with Gasteiger partial charge in [0, 0.05) is 12.1 Å². The van der Waals surface area contributed by atoms with Crippen molar-refractivity contribution in [2.75, 3.05) is 32.8 Å². The molecule has 1 aromatic rings. The summed E-state index contributed by atoms with van der Waals surface area (Å²) in [5, 5.41) is 6.45. The quantitative estimate of drug-likeness (QED) is 0.672. The highest BCUT2D eigenvalue weighted by Crippen LogP contribution is 2.30. The summed E-state index contributed by atoms with van der Waals surface area (Å²) in [5.74, 6) is 1.29. The third kappa shape index (κ3) is 5.92. The van der Waals surface area contributed by atoms with Crippen molar-refractivity contribution in [3.8, 4) is 11.5 Å². The van der Waals surface area contributed by atoms with Crippen LogP contribution in [0.15, 0.2) is 18.2 Å².